The standard InChI is InChI=1S/C20H18Cl4N4O/c21-10-3-1-4-11(7-10)25-19(29)12-8-16-17(9-15(12)24)27-20(26-16)28-18-13(22)5-2-6-14(18)23/h1,3-4,7-9,13-14,18H,2,5-6H2,(H,25,29)(H2,26,27,28). The number of carbonyl (C=O) groups excluding carboxylic acids is 1. The molecule has 3 aromatic rings. The zero-order chi connectivity index (χ0) is 20.5. The number of nitrogens with one attached hydrogen (secondary N) is 3. The summed E-state index contributed by atoms with van der Waals surface area (Å²) in [5, 5.41) is 6.80. The fraction of sp³-hybridized carbons (Fsp3) is 0.300. The van der Waals surface area contributed by atoms with Crippen molar-refractivity contribution in [3.8, 4) is 0 Å². The Morgan fingerprint density at radius 1 is 1.10 bits per heavy atom. The van der Waals surface area contributed by atoms with Crippen LogP contribution in [-0.2, 0) is 0 Å². The van der Waals surface area contributed by atoms with Crippen molar-refractivity contribution in [1.29, 1.82) is 0 Å². The fourth-order valence-electron chi connectivity index (χ4n) is 3.47. The molecule has 0 bridgehead atoms. The van der Waals surface area contributed by atoms with Crippen LogP contribution < -0.4 is 10.6 Å². The Bertz CT molecular complexity index is 1040. The van der Waals surface area contributed by atoms with Crippen molar-refractivity contribution >= 4 is 75.0 Å². The van der Waals surface area contributed by atoms with E-state index in [0.29, 0.717) is 38.3 Å². The van der Waals surface area contributed by atoms with Crippen LogP contribution in [0.25, 0.3) is 11.0 Å². The summed E-state index contributed by atoms with van der Waals surface area (Å²) in [4.78, 5) is 20.4. The first-order valence-corrected chi connectivity index (χ1v) is 10.8. The number of rotatable bonds is 4. The normalized spacial score (nSPS) is 21.9. The molecular weight excluding hydrogens is 454 g/mol. The van der Waals surface area contributed by atoms with E-state index in [2.05, 4.69) is 20.6 Å². The first kappa shape index (κ1) is 20.6. The lowest BCUT2D eigenvalue weighted by molar-refractivity contribution is 0.102. The molecule has 1 heterocycles. The van der Waals surface area contributed by atoms with E-state index in [1.54, 1.807) is 36.4 Å². The minimum absolute atomic E-state index is 0.0675. The molecule has 0 aliphatic heterocycles. The highest BCUT2D eigenvalue weighted by molar-refractivity contribution is 6.35. The lowest BCUT2D eigenvalue weighted by Gasteiger charge is -2.31. The maximum Gasteiger partial charge on any atom is 0.257 e. The van der Waals surface area contributed by atoms with Gasteiger partial charge in [-0.1, -0.05) is 35.7 Å². The van der Waals surface area contributed by atoms with Gasteiger partial charge in [-0.2, -0.15) is 0 Å². The van der Waals surface area contributed by atoms with Crippen LogP contribution in [0, 0.1) is 0 Å². The minimum Gasteiger partial charge on any atom is -0.350 e. The summed E-state index contributed by atoms with van der Waals surface area (Å²) in [7, 11) is 0. The predicted molar refractivity (Wildman–Crippen MR) is 121 cm³/mol. The van der Waals surface area contributed by atoms with E-state index in [1.807, 2.05) is 0 Å². The Hall–Kier alpha value is -1.66. The van der Waals surface area contributed by atoms with Gasteiger partial charge in [0, 0.05) is 10.7 Å². The zero-order valence-electron chi connectivity index (χ0n) is 15.2. The highest BCUT2D eigenvalue weighted by atomic mass is 35.5. The Morgan fingerprint density at radius 3 is 2.59 bits per heavy atom. The third kappa shape index (κ3) is 4.58. The summed E-state index contributed by atoms with van der Waals surface area (Å²) < 4.78 is 0. The third-order valence-electron chi connectivity index (χ3n) is 4.94. The van der Waals surface area contributed by atoms with Gasteiger partial charge in [-0.15, -0.1) is 23.2 Å². The van der Waals surface area contributed by atoms with Gasteiger partial charge >= 0.3 is 0 Å². The lowest BCUT2D eigenvalue weighted by atomic mass is 9.94. The molecule has 2 aromatic carbocycles. The molecule has 5 nitrogen and oxygen atoms in total. The van der Waals surface area contributed by atoms with Crippen LogP contribution in [0.2, 0.25) is 10.0 Å². The number of H-pyrrole nitrogens is 1. The summed E-state index contributed by atoms with van der Waals surface area (Å²) >= 11 is 25.2. The van der Waals surface area contributed by atoms with Gasteiger partial charge in [-0.3, -0.25) is 4.79 Å². The lowest BCUT2D eigenvalue weighted by Crippen LogP contribution is -2.41. The molecule has 2 unspecified atom stereocenters. The second-order valence-electron chi connectivity index (χ2n) is 7.03. The average molecular weight is 472 g/mol. The number of aromatic amines is 1. The van der Waals surface area contributed by atoms with Gasteiger partial charge in [0.2, 0.25) is 5.95 Å². The number of imidazole rings is 1. The number of benzene rings is 2. The van der Waals surface area contributed by atoms with Gasteiger partial charge in [0.1, 0.15) is 0 Å². The topological polar surface area (TPSA) is 69.8 Å². The van der Waals surface area contributed by atoms with Crippen LogP contribution in [0.1, 0.15) is 29.6 Å². The molecule has 0 saturated heterocycles. The molecule has 29 heavy (non-hydrogen) atoms. The maximum atomic E-state index is 12.7. The number of carbonyl (C=O) groups is 1. The fourth-order valence-corrected chi connectivity index (χ4v) is 4.77. The van der Waals surface area contributed by atoms with Crippen molar-refractivity contribution in [3.63, 3.8) is 0 Å². The van der Waals surface area contributed by atoms with Crippen molar-refractivity contribution in [2.45, 2.75) is 36.1 Å². The van der Waals surface area contributed by atoms with Crippen LogP contribution in [0.5, 0.6) is 0 Å². The summed E-state index contributed by atoms with van der Waals surface area (Å²) in [6.45, 7) is 0. The van der Waals surface area contributed by atoms with Gasteiger partial charge in [0.15, 0.2) is 0 Å². The van der Waals surface area contributed by atoms with Gasteiger partial charge in [-0.25, -0.2) is 4.98 Å². The summed E-state index contributed by atoms with van der Waals surface area (Å²) in [5.74, 6) is 0.206. The molecule has 4 rings (SSSR count). The van der Waals surface area contributed by atoms with Crippen molar-refractivity contribution < 1.29 is 4.79 Å². The molecule has 1 saturated carbocycles. The number of amides is 1. The predicted octanol–water partition coefficient (Wildman–Crippen LogP) is 6.30. The van der Waals surface area contributed by atoms with E-state index in [0.717, 1.165) is 19.3 Å². The second-order valence-corrected chi connectivity index (χ2v) is 9.00. The van der Waals surface area contributed by atoms with E-state index in [1.165, 1.54) is 0 Å². The number of hydrogen-bond donors (Lipinski definition) is 3. The number of anilines is 2. The number of alkyl halides is 2. The first-order chi connectivity index (χ1) is 13.9. The molecule has 9 heteroatoms. The Labute approximate surface area is 188 Å². The molecule has 0 spiro atoms. The number of aromatic nitrogens is 2. The molecule has 1 fully saturated rings. The van der Waals surface area contributed by atoms with Gasteiger partial charge in [-0.05, 0) is 43.2 Å². The van der Waals surface area contributed by atoms with E-state index in [9.17, 15) is 4.79 Å². The van der Waals surface area contributed by atoms with Crippen molar-refractivity contribution in [2.75, 3.05) is 10.6 Å². The van der Waals surface area contributed by atoms with E-state index < -0.39 is 0 Å². The molecule has 0 radical (unpaired) electrons. The van der Waals surface area contributed by atoms with E-state index in [-0.39, 0.29) is 22.7 Å². The summed E-state index contributed by atoms with van der Waals surface area (Å²) in [5.41, 5.74) is 2.23. The van der Waals surface area contributed by atoms with Crippen molar-refractivity contribution in [2.24, 2.45) is 0 Å². The molecule has 3 N–H and O–H groups in total. The number of hydrogen-bond acceptors (Lipinski definition) is 3. The quantitative estimate of drug-likeness (QED) is 0.391. The average Bonchev–Trinajstić information content (AvgIpc) is 3.05. The van der Waals surface area contributed by atoms with E-state index in [4.69, 9.17) is 46.4 Å². The summed E-state index contributed by atoms with van der Waals surface area (Å²) in [6.07, 6.45) is 2.83. The van der Waals surface area contributed by atoms with Gasteiger partial charge in [0.05, 0.1) is 38.4 Å². The Kier molecular flexibility index (Phi) is 6.11. The maximum absolute atomic E-state index is 12.7. The van der Waals surface area contributed by atoms with Crippen LogP contribution in [-0.4, -0.2) is 32.7 Å². The van der Waals surface area contributed by atoms with Crippen LogP contribution in [0.4, 0.5) is 11.6 Å². The molecule has 1 aliphatic rings. The highest BCUT2D eigenvalue weighted by Gasteiger charge is 2.31. The largest absolute Gasteiger partial charge is 0.350 e. The molecule has 2 atom stereocenters. The molecule has 1 aromatic heterocycles. The zero-order valence-corrected chi connectivity index (χ0v) is 18.2. The molecule has 152 valence electrons. The summed E-state index contributed by atoms with van der Waals surface area (Å²) in [6, 6.07) is 10.1. The molecule has 1 amide bonds. The highest BCUT2D eigenvalue weighted by Crippen LogP contribution is 2.31. The third-order valence-corrected chi connectivity index (χ3v) is 6.47. The minimum atomic E-state index is -0.342. The monoisotopic (exact) mass is 470 g/mol. The van der Waals surface area contributed by atoms with Crippen LogP contribution in [0.3, 0.4) is 0 Å². The number of nitrogens with zero attached hydrogens (tertiary/aromatic N) is 1. The van der Waals surface area contributed by atoms with E-state index >= 15 is 0 Å². The van der Waals surface area contributed by atoms with Gasteiger partial charge < -0.3 is 15.6 Å². The van der Waals surface area contributed by atoms with Crippen LogP contribution in [0.15, 0.2) is 36.4 Å². The number of fused-ring (bicyclic) bond motifs is 1. The number of halogens is 4. The molecular formula is C20H18Cl4N4O. The van der Waals surface area contributed by atoms with Crippen molar-refractivity contribution in [3.05, 3.63) is 52.0 Å². The Morgan fingerprint density at radius 2 is 1.86 bits per heavy atom. The molecule has 1 aliphatic carbocycles. The second kappa shape index (κ2) is 8.60. The first-order valence-electron chi connectivity index (χ1n) is 9.21. The van der Waals surface area contributed by atoms with Gasteiger partial charge in [0.25, 0.3) is 5.91 Å². The SMILES string of the molecule is O=C(Nc1cccc(Cl)c1)c1cc2nc(NC3C(Cl)CCCC3Cl)[nH]c2cc1Cl. The smallest absolute Gasteiger partial charge is 0.257 e. The Balaban J connectivity index is 1.57. The van der Waals surface area contributed by atoms with Crippen molar-refractivity contribution in [1.82, 2.24) is 9.97 Å². The van der Waals surface area contributed by atoms with Crippen LogP contribution >= 0.6 is 46.4 Å².